The molecule has 6 heteroatoms. The predicted molar refractivity (Wildman–Crippen MR) is 96.1 cm³/mol. The van der Waals surface area contributed by atoms with Crippen molar-refractivity contribution in [3.8, 4) is 0 Å². The number of carbonyl (C=O) groups excluding carboxylic acids is 2. The third-order valence-electron chi connectivity index (χ3n) is 3.78. The first kappa shape index (κ1) is 18.9. The Bertz CT molecular complexity index is 734. The zero-order valence-corrected chi connectivity index (χ0v) is 14.7. The molecule has 1 N–H and O–H groups in total. The highest BCUT2D eigenvalue weighted by molar-refractivity contribution is 6.30. The fraction of sp³-hybridized carbons (Fsp3) is 0.263. The van der Waals surface area contributed by atoms with Crippen molar-refractivity contribution in [2.24, 2.45) is 0 Å². The van der Waals surface area contributed by atoms with Crippen molar-refractivity contribution < 1.29 is 14.0 Å². The van der Waals surface area contributed by atoms with Gasteiger partial charge in [0.2, 0.25) is 5.91 Å². The zero-order valence-electron chi connectivity index (χ0n) is 14.0. The quantitative estimate of drug-likeness (QED) is 0.821. The van der Waals surface area contributed by atoms with Crippen LogP contribution in [-0.4, -0.2) is 36.3 Å². The highest BCUT2D eigenvalue weighted by atomic mass is 35.5. The maximum absolute atomic E-state index is 12.9. The molecule has 4 nitrogen and oxygen atoms in total. The molecule has 25 heavy (non-hydrogen) atoms. The van der Waals surface area contributed by atoms with Crippen molar-refractivity contribution in [1.82, 2.24) is 10.2 Å². The first-order valence-corrected chi connectivity index (χ1v) is 8.37. The average Bonchev–Trinajstić information content (AvgIpc) is 2.58. The summed E-state index contributed by atoms with van der Waals surface area (Å²) in [6.07, 6.45) is 0.687. The number of nitrogens with zero attached hydrogens (tertiary/aromatic N) is 1. The van der Waals surface area contributed by atoms with Crippen LogP contribution in [0.15, 0.2) is 48.5 Å². The molecule has 0 atom stereocenters. The molecule has 0 bridgehead atoms. The summed E-state index contributed by atoms with van der Waals surface area (Å²) >= 11 is 5.96. The Balaban J connectivity index is 1.82. The number of hydrogen-bond acceptors (Lipinski definition) is 2. The Hall–Kier alpha value is -2.40. The Morgan fingerprint density at radius 2 is 1.84 bits per heavy atom. The van der Waals surface area contributed by atoms with Crippen LogP contribution < -0.4 is 5.32 Å². The molecule has 0 spiro atoms. The molecule has 0 saturated heterocycles. The van der Waals surface area contributed by atoms with E-state index in [4.69, 9.17) is 11.6 Å². The van der Waals surface area contributed by atoms with Crippen molar-refractivity contribution in [3.63, 3.8) is 0 Å². The third-order valence-corrected chi connectivity index (χ3v) is 4.01. The van der Waals surface area contributed by atoms with Crippen LogP contribution in [0.25, 0.3) is 0 Å². The van der Waals surface area contributed by atoms with E-state index >= 15 is 0 Å². The summed E-state index contributed by atoms with van der Waals surface area (Å²) in [6, 6.07) is 12.8. The number of amides is 2. The zero-order chi connectivity index (χ0) is 18.2. The highest BCUT2D eigenvalue weighted by Gasteiger charge is 2.10. The fourth-order valence-corrected chi connectivity index (χ4v) is 2.60. The molecule has 0 aliphatic carbocycles. The summed E-state index contributed by atoms with van der Waals surface area (Å²) in [7, 11) is 0. The molecule has 0 heterocycles. The van der Waals surface area contributed by atoms with E-state index < -0.39 is 0 Å². The number of nitrogens with one attached hydrogen (secondary N) is 1. The SMILES string of the molecule is CC(=O)N(CCNC(=O)c1ccc(F)cc1)CCc1cccc(Cl)c1. The van der Waals surface area contributed by atoms with Gasteiger partial charge in [-0.2, -0.15) is 0 Å². The van der Waals surface area contributed by atoms with E-state index in [1.54, 1.807) is 11.0 Å². The summed E-state index contributed by atoms with van der Waals surface area (Å²) in [6.45, 7) is 2.77. The lowest BCUT2D eigenvalue weighted by Gasteiger charge is -2.21. The first-order chi connectivity index (χ1) is 12.0. The van der Waals surface area contributed by atoms with Crippen LogP contribution in [0.5, 0.6) is 0 Å². The number of hydrogen-bond donors (Lipinski definition) is 1. The van der Waals surface area contributed by atoms with Gasteiger partial charge in [0.05, 0.1) is 0 Å². The van der Waals surface area contributed by atoms with Gasteiger partial charge in [-0.25, -0.2) is 4.39 Å². The molecular formula is C19H20ClFN2O2. The minimum atomic E-state index is -0.389. The van der Waals surface area contributed by atoms with Crippen molar-refractivity contribution in [2.45, 2.75) is 13.3 Å². The number of rotatable bonds is 7. The minimum absolute atomic E-state index is 0.0574. The second-order valence-electron chi connectivity index (χ2n) is 5.65. The van der Waals surface area contributed by atoms with E-state index in [2.05, 4.69) is 5.32 Å². The van der Waals surface area contributed by atoms with Crippen molar-refractivity contribution in [1.29, 1.82) is 0 Å². The Kier molecular flexibility index (Phi) is 6.95. The molecule has 0 saturated carbocycles. The van der Waals surface area contributed by atoms with Crippen LogP contribution in [0.4, 0.5) is 4.39 Å². The van der Waals surface area contributed by atoms with Gasteiger partial charge in [0.25, 0.3) is 5.91 Å². The van der Waals surface area contributed by atoms with Gasteiger partial charge in [0.1, 0.15) is 5.82 Å². The number of halogens is 2. The standard InChI is InChI=1S/C19H20ClFN2O2/c1-14(24)23(11-9-15-3-2-4-17(20)13-15)12-10-22-19(25)16-5-7-18(21)8-6-16/h2-8,13H,9-12H2,1H3,(H,22,25). The molecule has 0 aromatic heterocycles. The lowest BCUT2D eigenvalue weighted by molar-refractivity contribution is -0.128. The van der Waals surface area contributed by atoms with E-state index in [1.165, 1.54) is 31.2 Å². The molecule has 2 rings (SSSR count). The van der Waals surface area contributed by atoms with Crippen molar-refractivity contribution in [2.75, 3.05) is 19.6 Å². The van der Waals surface area contributed by atoms with Crippen LogP contribution in [0.1, 0.15) is 22.8 Å². The van der Waals surface area contributed by atoms with Gasteiger partial charge in [-0.1, -0.05) is 23.7 Å². The molecule has 0 fully saturated rings. The van der Waals surface area contributed by atoms with Gasteiger partial charge in [0.15, 0.2) is 0 Å². The monoisotopic (exact) mass is 362 g/mol. The predicted octanol–water partition coefficient (Wildman–Crippen LogP) is 3.30. The van der Waals surface area contributed by atoms with E-state index in [-0.39, 0.29) is 17.6 Å². The normalized spacial score (nSPS) is 10.4. The second kappa shape index (κ2) is 9.18. The summed E-state index contributed by atoms with van der Waals surface area (Å²) < 4.78 is 12.9. The van der Waals surface area contributed by atoms with Gasteiger partial charge in [0, 0.05) is 37.1 Å². The van der Waals surface area contributed by atoms with Crippen LogP contribution in [0.2, 0.25) is 5.02 Å². The van der Waals surface area contributed by atoms with Crippen molar-refractivity contribution in [3.05, 3.63) is 70.5 Å². The van der Waals surface area contributed by atoms with Crippen LogP contribution >= 0.6 is 11.6 Å². The Labute approximate surface area is 151 Å². The smallest absolute Gasteiger partial charge is 0.251 e. The lowest BCUT2D eigenvalue weighted by atomic mass is 10.1. The second-order valence-corrected chi connectivity index (χ2v) is 6.09. The van der Waals surface area contributed by atoms with Crippen molar-refractivity contribution >= 4 is 23.4 Å². The van der Waals surface area contributed by atoms with E-state index in [9.17, 15) is 14.0 Å². The van der Waals surface area contributed by atoms with Crippen LogP contribution in [-0.2, 0) is 11.2 Å². The summed E-state index contributed by atoms with van der Waals surface area (Å²) in [4.78, 5) is 25.4. The van der Waals surface area contributed by atoms with Crippen LogP contribution in [0, 0.1) is 5.82 Å². The van der Waals surface area contributed by atoms with E-state index in [1.807, 2.05) is 18.2 Å². The summed E-state index contributed by atoms with van der Waals surface area (Å²) in [5.74, 6) is -0.739. The van der Waals surface area contributed by atoms with Gasteiger partial charge in [-0.15, -0.1) is 0 Å². The van der Waals surface area contributed by atoms with Crippen LogP contribution in [0.3, 0.4) is 0 Å². The Morgan fingerprint density at radius 3 is 2.48 bits per heavy atom. The maximum atomic E-state index is 12.9. The molecule has 2 aromatic rings. The highest BCUT2D eigenvalue weighted by Crippen LogP contribution is 2.11. The molecule has 0 aliphatic rings. The first-order valence-electron chi connectivity index (χ1n) is 7.99. The third kappa shape index (κ3) is 6.19. The van der Waals surface area contributed by atoms with Gasteiger partial charge >= 0.3 is 0 Å². The molecule has 0 radical (unpaired) electrons. The molecule has 0 aliphatic heterocycles. The Morgan fingerprint density at radius 1 is 1.12 bits per heavy atom. The molecule has 0 unspecified atom stereocenters. The largest absolute Gasteiger partial charge is 0.350 e. The van der Waals surface area contributed by atoms with E-state index in [0.717, 1.165) is 5.56 Å². The van der Waals surface area contributed by atoms with Gasteiger partial charge < -0.3 is 10.2 Å². The maximum Gasteiger partial charge on any atom is 0.251 e. The van der Waals surface area contributed by atoms with Gasteiger partial charge in [-0.3, -0.25) is 9.59 Å². The number of carbonyl (C=O) groups is 2. The summed E-state index contributed by atoms with van der Waals surface area (Å²) in [5.41, 5.74) is 1.43. The van der Waals surface area contributed by atoms with E-state index in [0.29, 0.717) is 36.6 Å². The average molecular weight is 363 g/mol. The summed E-state index contributed by atoms with van der Waals surface area (Å²) in [5, 5.41) is 3.40. The molecule has 2 amide bonds. The minimum Gasteiger partial charge on any atom is -0.350 e. The molecule has 132 valence electrons. The topological polar surface area (TPSA) is 49.4 Å². The lowest BCUT2D eigenvalue weighted by Crippen LogP contribution is -2.38. The molecule has 2 aromatic carbocycles. The molecular weight excluding hydrogens is 343 g/mol. The number of benzene rings is 2. The van der Waals surface area contributed by atoms with Gasteiger partial charge in [-0.05, 0) is 48.4 Å². The fourth-order valence-electron chi connectivity index (χ4n) is 2.39.